The third-order valence-corrected chi connectivity index (χ3v) is 4.09. The summed E-state index contributed by atoms with van der Waals surface area (Å²) in [6.07, 6.45) is 0. The zero-order valence-electron chi connectivity index (χ0n) is 14.2. The number of aromatic nitrogens is 4. The van der Waals surface area contributed by atoms with Crippen LogP contribution >= 0.6 is 0 Å². The Morgan fingerprint density at radius 3 is 2.58 bits per heavy atom. The van der Waals surface area contributed by atoms with Gasteiger partial charge >= 0.3 is 5.69 Å². The Balaban J connectivity index is 2.27. The Morgan fingerprint density at radius 2 is 1.92 bits per heavy atom. The molecule has 2 heterocycles. The molecule has 0 aliphatic carbocycles. The SMILES string of the molecule is Cn1c(=O)c2c(nc(NCCO)n2Cc2ccc(F)cc2F)n(C)c1=O. The van der Waals surface area contributed by atoms with E-state index in [0.717, 1.165) is 16.7 Å². The molecule has 0 radical (unpaired) electrons. The lowest BCUT2D eigenvalue weighted by Gasteiger charge is -2.11. The van der Waals surface area contributed by atoms with Crippen molar-refractivity contribution in [2.24, 2.45) is 14.1 Å². The van der Waals surface area contributed by atoms with Crippen LogP contribution in [0.3, 0.4) is 0 Å². The third-order valence-electron chi connectivity index (χ3n) is 4.09. The molecular weight excluding hydrogens is 348 g/mol. The van der Waals surface area contributed by atoms with Gasteiger partial charge in [0.25, 0.3) is 5.56 Å². The Bertz CT molecular complexity index is 1100. The van der Waals surface area contributed by atoms with E-state index in [9.17, 15) is 18.4 Å². The predicted octanol–water partition coefficient (Wildman–Crippen LogP) is 0.164. The van der Waals surface area contributed by atoms with Gasteiger partial charge in [0, 0.05) is 32.3 Å². The van der Waals surface area contributed by atoms with Gasteiger partial charge < -0.3 is 10.4 Å². The van der Waals surface area contributed by atoms with Crippen molar-refractivity contribution >= 4 is 17.1 Å². The third kappa shape index (κ3) is 2.88. The molecule has 2 N–H and O–H groups in total. The van der Waals surface area contributed by atoms with E-state index in [2.05, 4.69) is 10.3 Å². The zero-order valence-corrected chi connectivity index (χ0v) is 14.2. The van der Waals surface area contributed by atoms with E-state index in [-0.39, 0.29) is 42.4 Å². The molecular formula is C16H17F2N5O3. The van der Waals surface area contributed by atoms with Gasteiger partial charge in [-0.1, -0.05) is 6.07 Å². The van der Waals surface area contributed by atoms with Crippen LogP contribution in [0, 0.1) is 11.6 Å². The molecule has 3 rings (SSSR count). The lowest BCUT2D eigenvalue weighted by molar-refractivity contribution is 0.310. The fourth-order valence-electron chi connectivity index (χ4n) is 2.72. The number of hydrogen-bond acceptors (Lipinski definition) is 5. The molecule has 0 atom stereocenters. The van der Waals surface area contributed by atoms with Crippen molar-refractivity contribution in [1.82, 2.24) is 18.7 Å². The van der Waals surface area contributed by atoms with Gasteiger partial charge in [0.2, 0.25) is 5.95 Å². The maximum Gasteiger partial charge on any atom is 0.332 e. The largest absolute Gasteiger partial charge is 0.395 e. The Labute approximate surface area is 145 Å². The summed E-state index contributed by atoms with van der Waals surface area (Å²) in [5.41, 5.74) is -0.766. The summed E-state index contributed by atoms with van der Waals surface area (Å²) in [4.78, 5) is 28.9. The van der Waals surface area contributed by atoms with Crippen LogP contribution in [-0.4, -0.2) is 36.9 Å². The maximum absolute atomic E-state index is 14.1. The number of aryl methyl sites for hydroxylation is 1. The number of nitrogens with zero attached hydrogens (tertiary/aromatic N) is 4. The van der Waals surface area contributed by atoms with Crippen molar-refractivity contribution in [3.05, 3.63) is 56.2 Å². The Morgan fingerprint density at radius 1 is 1.19 bits per heavy atom. The van der Waals surface area contributed by atoms with E-state index in [4.69, 9.17) is 5.11 Å². The Kier molecular flexibility index (Phi) is 4.60. The summed E-state index contributed by atoms with van der Waals surface area (Å²) in [7, 11) is 2.80. The van der Waals surface area contributed by atoms with Crippen LogP contribution in [0.1, 0.15) is 5.56 Å². The fraction of sp³-hybridized carbons (Fsp3) is 0.312. The number of fused-ring (bicyclic) bond motifs is 1. The average molecular weight is 365 g/mol. The van der Waals surface area contributed by atoms with Gasteiger partial charge in [-0.3, -0.25) is 18.5 Å². The van der Waals surface area contributed by atoms with Crippen LogP contribution in [0.4, 0.5) is 14.7 Å². The molecule has 0 spiro atoms. The van der Waals surface area contributed by atoms with Crippen molar-refractivity contribution in [2.75, 3.05) is 18.5 Å². The first-order valence-electron chi connectivity index (χ1n) is 7.80. The maximum atomic E-state index is 14.1. The van der Waals surface area contributed by atoms with Gasteiger partial charge in [-0.25, -0.2) is 13.6 Å². The van der Waals surface area contributed by atoms with Crippen LogP contribution in [-0.2, 0) is 20.6 Å². The lowest BCUT2D eigenvalue weighted by Crippen LogP contribution is -2.37. The van der Waals surface area contributed by atoms with E-state index in [1.165, 1.54) is 29.3 Å². The molecule has 0 unspecified atom stereocenters. The molecule has 26 heavy (non-hydrogen) atoms. The van der Waals surface area contributed by atoms with Crippen molar-refractivity contribution in [1.29, 1.82) is 0 Å². The van der Waals surface area contributed by atoms with Crippen molar-refractivity contribution < 1.29 is 13.9 Å². The number of nitrogens with one attached hydrogen (secondary N) is 1. The van der Waals surface area contributed by atoms with E-state index in [1.807, 2.05) is 0 Å². The van der Waals surface area contributed by atoms with Gasteiger partial charge in [0.1, 0.15) is 11.6 Å². The summed E-state index contributed by atoms with van der Waals surface area (Å²) in [5.74, 6) is -1.28. The molecule has 0 bridgehead atoms. The highest BCUT2D eigenvalue weighted by molar-refractivity contribution is 5.74. The number of rotatable bonds is 5. The van der Waals surface area contributed by atoms with Gasteiger partial charge in [0.05, 0.1) is 13.2 Å². The molecule has 0 amide bonds. The van der Waals surface area contributed by atoms with Gasteiger partial charge in [-0.05, 0) is 6.07 Å². The minimum absolute atomic E-state index is 0.0961. The number of halogens is 2. The monoisotopic (exact) mass is 365 g/mol. The molecule has 0 aliphatic heterocycles. The first-order valence-corrected chi connectivity index (χ1v) is 7.80. The quantitative estimate of drug-likeness (QED) is 0.672. The highest BCUT2D eigenvalue weighted by Crippen LogP contribution is 2.19. The fourth-order valence-corrected chi connectivity index (χ4v) is 2.72. The molecule has 1 aromatic carbocycles. The van der Waals surface area contributed by atoms with Crippen LogP contribution in [0.15, 0.2) is 27.8 Å². The highest BCUT2D eigenvalue weighted by Gasteiger charge is 2.20. The number of anilines is 1. The molecule has 0 saturated carbocycles. The predicted molar refractivity (Wildman–Crippen MR) is 91.3 cm³/mol. The smallest absolute Gasteiger partial charge is 0.332 e. The summed E-state index contributed by atoms with van der Waals surface area (Å²) in [6, 6.07) is 3.15. The number of aliphatic hydroxyl groups excluding tert-OH is 1. The number of aliphatic hydroxyl groups is 1. The van der Waals surface area contributed by atoms with E-state index in [0.29, 0.717) is 0 Å². The molecule has 0 saturated heterocycles. The van der Waals surface area contributed by atoms with E-state index < -0.39 is 22.9 Å². The lowest BCUT2D eigenvalue weighted by atomic mass is 10.2. The summed E-state index contributed by atoms with van der Waals surface area (Å²) in [6.45, 7) is -0.154. The topological polar surface area (TPSA) is 94.1 Å². The second-order valence-electron chi connectivity index (χ2n) is 5.79. The molecule has 8 nitrogen and oxygen atoms in total. The molecule has 0 fully saturated rings. The first-order chi connectivity index (χ1) is 12.3. The van der Waals surface area contributed by atoms with E-state index >= 15 is 0 Å². The second kappa shape index (κ2) is 6.71. The molecule has 10 heteroatoms. The van der Waals surface area contributed by atoms with Gasteiger partial charge in [0.15, 0.2) is 11.2 Å². The average Bonchev–Trinajstić information content (AvgIpc) is 2.97. The van der Waals surface area contributed by atoms with Crippen LogP contribution < -0.4 is 16.6 Å². The van der Waals surface area contributed by atoms with Crippen molar-refractivity contribution in [3.63, 3.8) is 0 Å². The second-order valence-corrected chi connectivity index (χ2v) is 5.79. The minimum Gasteiger partial charge on any atom is -0.395 e. The molecule has 138 valence electrons. The number of imidazole rings is 1. The van der Waals surface area contributed by atoms with E-state index in [1.54, 1.807) is 0 Å². The summed E-state index contributed by atoms with van der Waals surface area (Å²) >= 11 is 0. The summed E-state index contributed by atoms with van der Waals surface area (Å²) in [5, 5.41) is 11.9. The number of hydrogen-bond donors (Lipinski definition) is 2. The standard InChI is InChI=1S/C16H17F2N5O3/c1-21-13-12(14(25)22(2)16(21)26)23(15(20-13)19-5-6-24)8-9-3-4-10(17)7-11(9)18/h3-4,7,24H,5-6,8H2,1-2H3,(H,19,20). The molecule has 3 aromatic rings. The van der Waals surface area contributed by atoms with Crippen molar-refractivity contribution in [3.8, 4) is 0 Å². The summed E-state index contributed by atoms with van der Waals surface area (Å²) < 4.78 is 30.8. The number of benzene rings is 1. The van der Waals surface area contributed by atoms with Crippen molar-refractivity contribution in [2.45, 2.75) is 6.54 Å². The minimum atomic E-state index is -0.762. The Hall–Kier alpha value is -3.01. The van der Waals surface area contributed by atoms with Gasteiger partial charge in [-0.15, -0.1) is 0 Å². The molecule has 2 aromatic heterocycles. The van der Waals surface area contributed by atoms with Crippen LogP contribution in [0.25, 0.3) is 11.2 Å². The van der Waals surface area contributed by atoms with Crippen LogP contribution in [0.5, 0.6) is 0 Å². The first kappa shape index (κ1) is 17.8. The highest BCUT2D eigenvalue weighted by atomic mass is 19.1. The normalized spacial score (nSPS) is 11.3. The van der Waals surface area contributed by atoms with Gasteiger partial charge in [-0.2, -0.15) is 4.98 Å². The molecule has 0 aliphatic rings. The van der Waals surface area contributed by atoms with Crippen LogP contribution in [0.2, 0.25) is 0 Å². The zero-order chi connectivity index (χ0) is 19.0.